The fourth-order valence-corrected chi connectivity index (χ4v) is 1.52. The quantitative estimate of drug-likeness (QED) is 0.773. The second-order valence-corrected chi connectivity index (χ2v) is 3.79. The number of nitrogen functional groups attached to an aromatic ring is 1. The van der Waals surface area contributed by atoms with Crippen LogP contribution in [0.5, 0.6) is 0 Å². The van der Waals surface area contributed by atoms with E-state index in [4.69, 9.17) is 5.73 Å². The third-order valence-corrected chi connectivity index (χ3v) is 2.37. The SMILES string of the molecule is Cc1ccc(C(=O)Nc2cccnc2)c(N)c1. The van der Waals surface area contributed by atoms with Crippen LogP contribution < -0.4 is 11.1 Å². The van der Waals surface area contributed by atoms with Gasteiger partial charge in [0.15, 0.2) is 0 Å². The van der Waals surface area contributed by atoms with Crippen molar-refractivity contribution in [3.63, 3.8) is 0 Å². The lowest BCUT2D eigenvalue weighted by molar-refractivity contribution is 0.102. The van der Waals surface area contributed by atoms with Crippen LogP contribution in [0.4, 0.5) is 11.4 Å². The van der Waals surface area contributed by atoms with E-state index in [1.165, 1.54) is 0 Å². The van der Waals surface area contributed by atoms with Crippen molar-refractivity contribution in [2.75, 3.05) is 11.1 Å². The van der Waals surface area contributed by atoms with Gasteiger partial charge in [-0.3, -0.25) is 9.78 Å². The van der Waals surface area contributed by atoms with Gasteiger partial charge in [-0.15, -0.1) is 0 Å². The van der Waals surface area contributed by atoms with E-state index in [2.05, 4.69) is 10.3 Å². The number of aryl methyl sites for hydroxylation is 1. The molecule has 0 bridgehead atoms. The summed E-state index contributed by atoms with van der Waals surface area (Å²) in [6.07, 6.45) is 3.23. The summed E-state index contributed by atoms with van der Waals surface area (Å²) in [5.41, 5.74) is 8.43. The predicted octanol–water partition coefficient (Wildman–Crippen LogP) is 2.22. The molecule has 0 saturated heterocycles. The fourth-order valence-electron chi connectivity index (χ4n) is 1.52. The Morgan fingerprint density at radius 1 is 1.35 bits per heavy atom. The summed E-state index contributed by atoms with van der Waals surface area (Å²) < 4.78 is 0. The highest BCUT2D eigenvalue weighted by Gasteiger charge is 2.09. The molecule has 0 aliphatic rings. The molecule has 17 heavy (non-hydrogen) atoms. The highest BCUT2D eigenvalue weighted by Crippen LogP contribution is 2.15. The lowest BCUT2D eigenvalue weighted by Crippen LogP contribution is -2.14. The van der Waals surface area contributed by atoms with Crippen LogP contribution in [0.25, 0.3) is 0 Å². The van der Waals surface area contributed by atoms with Gasteiger partial charge in [-0.25, -0.2) is 0 Å². The molecule has 0 aliphatic heterocycles. The van der Waals surface area contributed by atoms with E-state index in [0.717, 1.165) is 5.56 Å². The van der Waals surface area contributed by atoms with Crippen molar-refractivity contribution in [3.8, 4) is 0 Å². The molecule has 1 aromatic carbocycles. The largest absolute Gasteiger partial charge is 0.398 e. The molecule has 0 spiro atoms. The first kappa shape index (κ1) is 11.1. The number of carbonyl (C=O) groups is 1. The Labute approximate surface area is 99.5 Å². The Bertz CT molecular complexity index is 538. The van der Waals surface area contributed by atoms with Crippen molar-refractivity contribution in [1.82, 2.24) is 4.98 Å². The van der Waals surface area contributed by atoms with Crippen molar-refractivity contribution in [2.24, 2.45) is 0 Å². The first-order valence-electron chi connectivity index (χ1n) is 5.24. The molecule has 2 aromatic rings. The normalized spacial score (nSPS) is 9.94. The van der Waals surface area contributed by atoms with Gasteiger partial charge in [0.1, 0.15) is 0 Å². The van der Waals surface area contributed by atoms with Gasteiger partial charge in [-0.2, -0.15) is 0 Å². The maximum Gasteiger partial charge on any atom is 0.257 e. The first-order chi connectivity index (χ1) is 8.16. The number of anilines is 2. The Hall–Kier alpha value is -2.36. The van der Waals surface area contributed by atoms with E-state index >= 15 is 0 Å². The molecule has 0 atom stereocenters. The summed E-state index contributed by atoms with van der Waals surface area (Å²) >= 11 is 0. The van der Waals surface area contributed by atoms with Crippen LogP contribution in [0, 0.1) is 6.92 Å². The molecule has 1 heterocycles. The lowest BCUT2D eigenvalue weighted by atomic mass is 10.1. The molecule has 86 valence electrons. The maximum atomic E-state index is 11.9. The molecule has 0 radical (unpaired) electrons. The number of hydrogen-bond acceptors (Lipinski definition) is 3. The smallest absolute Gasteiger partial charge is 0.257 e. The Kier molecular flexibility index (Phi) is 3.05. The summed E-state index contributed by atoms with van der Waals surface area (Å²) in [6, 6.07) is 8.88. The summed E-state index contributed by atoms with van der Waals surface area (Å²) in [4.78, 5) is 15.8. The predicted molar refractivity (Wildman–Crippen MR) is 67.8 cm³/mol. The van der Waals surface area contributed by atoms with Crippen LogP contribution in [0.15, 0.2) is 42.7 Å². The zero-order valence-corrected chi connectivity index (χ0v) is 9.47. The van der Waals surface area contributed by atoms with Crippen LogP contribution in [0.2, 0.25) is 0 Å². The van der Waals surface area contributed by atoms with E-state index in [0.29, 0.717) is 16.9 Å². The molecule has 1 aromatic heterocycles. The summed E-state index contributed by atoms with van der Waals surface area (Å²) in [7, 11) is 0. The van der Waals surface area contributed by atoms with E-state index in [1.807, 2.05) is 13.0 Å². The monoisotopic (exact) mass is 227 g/mol. The van der Waals surface area contributed by atoms with E-state index < -0.39 is 0 Å². The van der Waals surface area contributed by atoms with Crippen molar-refractivity contribution in [3.05, 3.63) is 53.9 Å². The molecular formula is C13H13N3O. The minimum absolute atomic E-state index is 0.226. The molecule has 0 saturated carbocycles. The molecule has 4 heteroatoms. The van der Waals surface area contributed by atoms with Crippen LogP contribution in [0.1, 0.15) is 15.9 Å². The minimum Gasteiger partial charge on any atom is -0.398 e. The van der Waals surface area contributed by atoms with E-state index in [9.17, 15) is 4.79 Å². The molecule has 2 rings (SSSR count). The number of nitrogens with zero attached hydrogens (tertiary/aromatic N) is 1. The maximum absolute atomic E-state index is 11.9. The van der Waals surface area contributed by atoms with Crippen molar-refractivity contribution in [2.45, 2.75) is 6.92 Å². The molecule has 0 aliphatic carbocycles. The second kappa shape index (κ2) is 4.65. The summed E-state index contributed by atoms with van der Waals surface area (Å²) in [5.74, 6) is -0.226. The number of aromatic nitrogens is 1. The van der Waals surface area contributed by atoms with Crippen LogP contribution in [-0.2, 0) is 0 Å². The Morgan fingerprint density at radius 3 is 2.82 bits per heavy atom. The highest BCUT2D eigenvalue weighted by atomic mass is 16.1. The van der Waals surface area contributed by atoms with Gasteiger partial charge in [0.05, 0.1) is 17.4 Å². The minimum atomic E-state index is -0.226. The van der Waals surface area contributed by atoms with Gasteiger partial charge < -0.3 is 11.1 Å². The van der Waals surface area contributed by atoms with Gasteiger partial charge >= 0.3 is 0 Å². The number of nitrogens with two attached hydrogens (primary N) is 1. The average molecular weight is 227 g/mol. The molecular weight excluding hydrogens is 214 g/mol. The second-order valence-electron chi connectivity index (χ2n) is 3.79. The van der Waals surface area contributed by atoms with Crippen molar-refractivity contribution in [1.29, 1.82) is 0 Å². The Balaban J connectivity index is 2.21. The fraction of sp³-hybridized carbons (Fsp3) is 0.0769. The average Bonchev–Trinajstić information content (AvgIpc) is 2.30. The van der Waals surface area contributed by atoms with Crippen LogP contribution >= 0.6 is 0 Å². The van der Waals surface area contributed by atoms with Crippen LogP contribution in [0.3, 0.4) is 0 Å². The first-order valence-corrected chi connectivity index (χ1v) is 5.24. The number of amides is 1. The van der Waals surface area contributed by atoms with E-state index in [-0.39, 0.29) is 5.91 Å². The molecule has 0 fully saturated rings. The van der Waals surface area contributed by atoms with Gasteiger partial charge in [0.2, 0.25) is 0 Å². The van der Waals surface area contributed by atoms with Gasteiger partial charge in [0, 0.05) is 11.9 Å². The molecule has 3 N–H and O–H groups in total. The number of benzene rings is 1. The zero-order chi connectivity index (χ0) is 12.3. The highest BCUT2D eigenvalue weighted by molar-refractivity contribution is 6.07. The van der Waals surface area contributed by atoms with Crippen molar-refractivity contribution < 1.29 is 4.79 Å². The van der Waals surface area contributed by atoms with Crippen LogP contribution in [-0.4, -0.2) is 10.9 Å². The lowest BCUT2D eigenvalue weighted by Gasteiger charge is -2.07. The van der Waals surface area contributed by atoms with Gasteiger partial charge in [0.25, 0.3) is 5.91 Å². The standard InChI is InChI=1S/C13H13N3O/c1-9-4-5-11(12(14)7-9)13(17)16-10-3-2-6-15-8-10/h2-8H,14H2,1H3,(H,16,17). The number of rotatable bonds is 2. The Morgan fingerprint density at radius 2 is 2.18 bits per heavy atom. The summed E-state index contributed by atoms with van der Waals surface area (Å²) in [5, 5.41) is 2.74. The van der Waals surface area contributed by atoms with Gasteiger partial charge in [-0.05, 0) is 36.8 Å². The van der Waals surface area contributed by atoms with E-state index in [1.54, 1.807) is 36.7 Å². The van der Waals surface area contributed by atoms with Crippen molar-refractivity contribution >= 4 is 17.3 Å². The topological polar surface area (TPSA) is 68.0 Å². The molecule has 1 amide bonds. The van der Waals surface area contributed by atoms with Gasteiger partial charge in [-0.1, -0.05) is 6.07 Å². The third-order valence-electron chi connectivity index (χ3n) is 2.37. The number of pyridine rings is 1. The zero-order valence-electron chi connectivity index (χ0n) is 9.47. The number of carbonyl (C=O) groups excluding carboxylic acids is 1. The summed E-state index contributed by atoms with van der Waals surface area (Å²) in [6.45, 7) is 1.93. The molecule has 4 nitrogen and oxygen atoms in total. The third kappa shape index (κ3) is 2.60. The number of nitrogens with one attached hydrogen (secondary N) is 1. The molecule has 0 unspecified atom stereocenters. The number of hydrogen-bond donors (Lipinski definition) is 2.